The monoisotopic (exact) mass is 671 g/mol. The van der Waals surface area contributed by atoms with E-state index in [-0.39, 0.29) is 0 Å². The minimum atomic E-state index is 0.801. The van der Waals surface area contributed by atoms with E-state index in [1.165, 1.54) is 49.9 Å². The van der Waals surface area contributed by atoms with E-state index in [4.69, 9.17) is 3.07 Å². The van der Waals surface area contributed by atoms with E-state index in [1.54, 1.807) is 0 Å². The van der Waals surface area contributed by atoms with Gasteiger partial charge in [0.2, 0.25) is 0 Å². The zero-order valence-electron chi connectivity index (χ0n) is 24.6. The van der Waals surface area contributed by atoms with Crippen molar-refractivity contribution >= 4 is 46.1 Å². The van der Waals surface area contributed by atoms with Crippen LogP contribution < -0.4 is 7.63 Å². The van der Waals surface area contributed by atoms with E-state index in [2.05, 4.69) is 169 Å². The molecule has 0 N–H and O–H groups in total. The Morgan fingerprint density at radius 1 is 0.791 bits per heavy atom. The highest BCUT2D eigenvalue weighted by Gasteiger charge is 2.35. The Kier molecular flexibility index (Phi) is 7.02. The molecule has 2 heterocycles. The highest BCUT2D eigenvalue weighted by atomic mass is 127. The zero-order valence-corrected chi connectivity index (χ0v) is 26.7. The lowest BCUT2D eigenvalue weighted by molar-refractivity contribution is -0.665. The molecule has 3 nitrogen and oxygen atoms in total. The lowest BCUT2D eigenvalue weighted by Crippen LogP contribution is -2.33. The standard InChI is InChI=1S/C39H32IN2O/c1-5-16-32-33(7-3)42(34-23-14-15-24-41(34)4)38-25(6-2)39(43-40)37-31-22-13-11-20-29(31)27-18-9-8-17-26(27)28-19-10-12-21-30(28)35(37)36(32)38/h5,7-24H,3,6H2,1-2,4H3/q+1/b16-5-,28-26?,29-27?,35-30?,37-31?. The molecule has 0 aliphatic heterocycles. The minimum Gasteiger partial charge on any atom is -0.427 e. The molecule has 4 heteroatoms. The third kappa shape index (κ3) is 4.04. The van der Waals surface area contributed by atoms with E-state index in [0.717, 1.165) is 40.3 Å². The highest BCUT2D eigenvalue weighted by Crippen LogP contribution is 2.56. The van der Waals surface area contributed by atoms with Gasteiger partial charge in [-0.15, -0.1) is 0 Å². The second-order valence-electron chi connectivity index (χ2n) is 10.9. The van der Waals surface area contributed by atoms with Crippen molar-refractivity contribution in [3.8, 4) is 56.1 Å². The SMILES string of the molecule is C=Cc1c(/C=C\C)c2c3c(c(OI)c(CC)c2n1-c1cccc[n+]1C)-c1ccccc1-c1ccccc1-c1ccccc1-3. The van der Waals surface area contributed by atoms with Crippen LogP contribution in [0.4, 0.5) is 0 Å². The van der Waals surface area contributed by atoms with Crippen LogP contribution in [0.25, 0.3) is 73.4 Å². The van der Waals surface area contributed by atoms with Crippen molar-refractivity contribution in [2.75, 3.05) is 0 Å². The molecule has 0 unspecified atom stereocenters. The van der Waals surface area contributed by atoms with Gasteiger partial charge in [0.25, 0.3) is 5.82 Å². The molecule has 6 aromatic rings. The maximum Gasteiger partial charge on any atom is 0.286 e. The van der Waals surface area contributed by atoms with Crippen LogP contribution in [0, 0.1) is 0 Å². The number of pyridine rings is 1. The summed E-state index contributed by atoms with van der Waals surface area (Å²) in [5, 5.41) is 1.21. The van der Waals surface area contributed by atoms with E-state index in [9.17, 15) is 0 Å². The first-order valence-corrected chi connectivity index (χ1v) is 15.6. The molecule has 1 aliphatic carbocycles. The van der Waals surface area contributed by atoms with Gasteiger partial charge in [0.15, 0.2) is 23.0 Å². The maximum atomic E-state index is 6.47. The number of allylic oxidation sites excluding steroid dienone is 1. The summed E-state index contributed by atoms with van der Waals surface area (Å²) in [5.74, 6) is 1.98. The number of benzene rings is 4. The smallest absolute Gasteiger partial charge is 0.286 e. The zero-order chi connectivity index (χ0) is 29.7. The molecule has 0 fully saturated rings. The summed E-state index contributed by atoms with van der Waals surface area (Å²) in [7, 11) is 2.10. The molecule has 210 valence electrons. The van der Waals surface area contributed by atoms with Gasteiger partial charge in [-0.1, -0.05) is 105 Å². The van der Waals surface area contributed by atoms with E-state index < -0.39 is 0 Å². The fraction of sp³-hybridized carbons (Fsp3) is 0.103. The maximum absolute atomic E-state index is 6.47. The number of hydrogen-bond donors (Lipinski definition) is 0. The Balaban J connectivity index is 1.83. The average Bonchev–Trinajstić information content (AvgIpc) is 3.36. The van der Waals surface area contributed by atoms with Crippen LogP contribution in [0.3, 0.4) is 0 Å². The molecule has 0 amide bonds. The normalized spacial score (nSPS) is 11.8. The molecule has 0 bridgehead atoms. The van der Waals surface area contributed by atoms with Gasteiger partial charge >= 0.3 is 0 Å². The summed E-state index contributed by atoms with van der Waals surface area (Å²) in [6.45, 7) is 8.66. The summed E-state index contributed by atoms with van der Waals surface area (Å²) in [6, 6.07) is 32.7. The van der Waals surface area contributed by atoms with Crippen LogP contribution in [-0.4, -0.2) is 4.57 Å². The summed E-state index contributed by atoms with van der Waals surface area (Å²) >= 11 is 2.09. The molecular formula is C39H32IN2O+. The van der Waals surface area contributed by atoms with Gasteiger partial charge in [0.05, 0.1) is 13.2 Å². The van der Waals surface area contributed by atoms with Crippen LogP contribution in [0.5, 0.6) is 5.75 Å². The van der Waals surface area contributed by atoms with Gasteiger partial charge in [-0.05, 0) is 58.9 Å². The Labute approximate surface area is 267 Å². The summed E-state index contributed by atoms with van der Waals surface area (Å²) < 4.78 is 11.0. The van der Waals surface area contributed by atoms with Crippen molar-refractivity contribution in [2.45, 2.75) is 20.3 Å². The molecule has 4 aromatic carbocycles. The molecule has 0 atom stereocenters. The summed E-state index contributed by atoms with van der Waals surface area (Å²) in [5.41, 5.74) is 14.1. The average molecular weight is 672 g/mol. The fourth-order valence-corrected chi connectivity index (χ4v) is 7.42. The number of hydrogen-bond acceptors (Lipinski definition) is 1. The third-order valence-corrected chi connectivity index (χ3v) is 9.09. The Bertz CT molecular complexity index is 2100. The number of rotatable bonds is 5. The lowest BCUT2D eigenvalue weighted by Gasteiger charge is -2.26. The molecule has 0 saturated heterocycles. The van der Waals surface area contributed by atoms with Crippen molar-refractivity contribution in [2.24, 2.45) is 7.05 Å². The third-order valence-electron chi connectivity index (χ3n) is 8.65. The van der Waals surface area contributed by atoms with Crippen molar-refractivity contribution < 1.29 is 7.63 Å². The molecule has 43 heavy (non-hydrogen) atoms. The molecule has 0 spiro atoms. The minimum absolute atomic E-state index is 0.801. The Morgan fingerprint density at radius 2 is 1.33 bits per heavy atom. The van der Waals surface area contributed by atoms with E-state index >= 15 is 0 Å². The topological polar surface area (TPSA) is 18.0 Å². The first-order chi connectivity index (χ1) is 21.1. The van der Waals surface area contributed by atoms with Gasteiger partial charge in [-0.25, -0.2) is 4.57 Å². The van der Waals surface area contributed by atoms with Gasteiger partial charge in [0, 0.05) is 33.7 Å². The van der Waals surface area contributed by atoms with Crippen LogP contribution in [0.15, 0.2) is 110 Å². The van der Waals surface area contributed by atoms with Crippen LogP contribution in [0.1, 0.15) is 30.7 Å². The first kappa shape index (κ1) is 27.4. The van der Waals surface area contributed by atoms with Crippen LogP contribution in [0.2, 0.25) is 0 Å². The van der Waals surface area contributed by atoms with Gasteiger partial charge in [-0.2, -0.15) is 4.57 Å². The predicted molar refractivity (Wildman–Crippen MR) is 189 cm³/mol. The molecule has 0 saturated carbocycles. The quantitative estimate of drug-likeness (QED) is 0.132. The molecule has 0 radical (unpaired) electrons. The van der Waals surface area contributed by atoms with E-state index in [0.29, 0.717) is 0 Å². The number of fused-ring (bicyclic) bond motifs is 10. The van der Waals surface area contributed by atoms with Gasteiger partial charge in [-0.3, -0.25) is 0 Å². The fourth-order valence-electron chi connectivity index (χ4n) is 6.93. The molecule has 7 rings (SSSR count). The number of aromatic nitrogens is 2. The van der Waals surface area contributed by atoms with Gasteiger partial charge < -0.3 is 3.07 Å². The van der Waals surface area contributed by atoms with Crippen molar-refractivity contribution in [3.63, 3.8) is 0 Å². The Hall–Kier alpha value is -4.42. The lowest BCUT2D eigenvalue weighted by atomic mass is 9.78. The highest BCUT2D eigenvalue weighted by molar-refractivity contribution is 14.1. The molecule has 2 aromatic heterocycles. The van der Waals surface area contributed by atoms with E-state index in [1.807, 2.05) is 6.08 Å². The molecular weight excluding hydrogens is 639 g/mol. The Morgan fingerprint density at radius 3 is 1.84 bits per heavy atom. The number of aryl methyl sites for hydroxylation is 2. The first-order valence-electron chi connectivity index (χ1n) is 14.7. The largest absolute Gasteiger partial charge is 0.427 e. The van der Waals surface area contributed by atoms with Crippen LogP contribution >= 0.6 is 23.0 Å². The molecule has 1 aliphatic rings. The summed E-state index contributed by atoms with van der Waals surface area (Å²) in [4.78, 5) is 0. The van der Waals surface area contributed by atoms with Crippen LogP contribution in [-0.2, 0) is 13.5 Å². The second kappa shape index (κ2) is 11.0. The van der Waals surface area contributed by atoms with Gasteiger partial charge in [0.1, 0.15) is 17.0 Å². The second-order valence-corrected chi connectivity index (χ2v) is 11.3. The number of halogens is 1. The van der Waals surface area contributed by atoms with Crippen molar-refractivity contribution in [1.29, 1.82) is 0 Å². The summed E-state index contributed by atoms with van der Waals surface area (Å²) in [6.07, 6.45) is 9.27. The van der Waals surface area contributed by atoms with Crippen molar-refractivity contribution in [3.05, 3.63) is 127 Å². The predicted octanol–water partition coefficient (Wildman–Crippen LogP) is 10.4. The number of nitrogens with zero attached hydrogens (tertiary/aromatic N) is 2. The van der Waals surface area contributed by atoms with Crippen molar-refractivity contribution in [1.82, 2.24) is 4.57 Å².